The van der Waals surface area contributed by atoms with Crippen molar-refractivity contribution >= 4 is 5.91 Å². The molecule has 1 aromatic heterocycles. The molecule has 1 saturated heterocycles. The lowest BCUT2D eigenvalue weighted by molar-refractivity contribution is -0.119. The molecule has 0 radical (unpaired) electrons. The number of aromatic nitrogens is 2. The van der Waals surface area contributed by atoms with E-state index < -0.39 is 0 Å². The Balaban J connectivity index is 1.69. The Hall–Kier alpha value is -1.36. The van der Waals surface area contributed by atoms with Gasteiger partial charge in [0.2, 0.25) is 5.91 Å². The molecular weight excluding hydrogens is 192 g/mol. The second-order valence-electron chi connectivity index (χ2n) is 3.93. The molecule has 1 fully saturated rings. The van der Waals surface area contributed by atoms with Crippen LogP contribution in [0.2, 0.25) is 0 Å². The fraction of sp³-hybridized carbons (Fsp3) is 0.600. The van der Waals surface area contributed by atoms with Gasteiger partial charge >= 0.3 is 0 Å². The van der Waals surface area contributed by atoms with Gasteiger partial charge in [-0.25, -0.2) is 0 Å². The molecule has 2 rings (SSSR count). The Bertz CT molecular complexity index is 347. The van der Waals surface area contributed by atoms with Gasteiger partial charge in [-0.3, -0.25) is 9.48 Å². The molecule has 0 aliphatic carbocycles. The molecule has 1 aliphatic rings. The maximum Gasteiger partial charge on any atom is 0.221 e. The van der Waals surface area contributed by atoms with Crippen molar-refractivity contribution in [2.24, 2.45) is 7.05 Å². The highest BCUT2D eigenvalue weighted by Crippen LogP contribution is 2.00. The summed E-state index contributed by atoms with van der Waals surface area (Å²) in [5.41, 5.74) is 1.22. The molecule has 0 saturated carbocycles. The van der Waals surface area contributed by atoms with Crippen molar-refractivity contribution < 1.29 is 4.79 Å². The zero-order valence-corrected chi connectivity index (χ0v) is 8.86. The Morgan fingerprint density at radius 2 is 2.60 bits per heavy atom. The van der Waals surface area contributed by atoms with Crippen LogP contribution in [0, 0.1) is 0 Å². The maximum absolute atomic E-state index is 10.9. The van der Waals surface area contributed by atoms with E-state index >= 15 is 0 Å². The summed E-state index contributed by atoms with van der Waals surface area (Å²) < 4.78 is 1.80. The van der Waals surface area contributed by atoms with E-state index in [2.05, 4.69) is 15.7 Å². The lowest BCUT2D eigenvalue weighted by Crippen LogP contribution is -2.32. The third-order valence-corrected chi connectivity index (χ3v) is 2.58. The van der Waals surface area contributed by atoms with Gasteiger partial charge in [0, 0.05) is 32.3 Å². The Morgan fingerprint density at radius 1 is 1.73 bits per heavy atom. The van der Waals surface area contributed by atoms with Crippen molar-refractivity contribution in [3.63, 3.8) is 0 Å². The van der Waals surface area contributed by atoms with Gasteiger partial charge in [-0.15, -0.1) is 0 Å². The molecule has 1 amide bonds. The van der Waals surface area contributed by atoms with E-state index in [-0.39, 0.29) is 5.91 Å². The van der Waals surface area contributed by atoms with Crippen LogP contribution in [0.15, 0.2) is 12.4 Å². The molecule has 5 nitrogen and oxygen atoms in total. The number of carbonyl (C=O) groups excluding carboxylic acids is 1. The third-order valence-electron chi connectivity index (χ3n) is 2.58. The minimum absolute atomic E-state index is 0.147. The van der Waals surface area contributed by atoms with Gasteiger partial charge in [0.25, 0.3) is 0 Å². The highest BCUT2D eigenvalue weighted by molar-refractivity contribution is 5.78. The van der Waals surface area contributed by atoms with Crippen LogP contribution in [-0.4, -0.2) is 34.8 Å². The average Bonchev–Trinajstić information content (AvgIpc) is 2.76. The number of nitrogens with one attached hydrogen (secondary N) is 2. The lowest BCUT2D eigenvalue weighted by Gasteiger charge is -2.08. The molecule has 2 N–H and O–H groups in total. The summed E-state index contributed by atoms with van der Waals surface area (Å²) in [6, 6.07) is 0.300. The van der Waals surface area contributed by atoms with Crippen LogP contribution >= 0.6 is 0 Å². The van der Waals surface area contributed by atoms with Gasteiger partial charge in [0.05, 0.1) is 6.20 Å². The monoisotopic (exact) mass is 208 g/mol. The summed E-state index contributed by atoms with van der Waals surface area (Å²) in [7, 11) is 1.91. The first-order chi connectivity index (χ1) is 7.24. The van der Waals surface area contributed by atoms with Gasteiger partial charge in [0.15, 0.2) is 0 Å². The number of hydrogen-bond donors (Lipinski definition) is 2. The van der Waals surface area contributed by atoms with Gasteiger partial charge < -0.3 is 10.6 Å². The summed E-state index contributed by atoms with van der Waals surface area (Å²) in [6.45, 7) is 1.65. The van der Waals surface area contributed by atoms with Crippen molar-refractivity contribution in [3.8, 4) is 0 Å². The lowest BCUT2D eigenvalue weighted by atomic mass is 10.2. The van der Waals surface area contributed by atoms with Gasteiger partial charge in [-0.1, -0.05) is 0 Å². The number of nitrogens with zero attached hydrogens (tertiary/aromatic N) is 2. The minimum Gasteiger partial charge on any atom is -0.354 e. The SMILES string of the molecule is Cn1cc(CCNC2CNC(=O)C2)cn1. The zero-order valence-electron chi connectivity index (χ0n) is 8.86. The van der Waals surface area contributed by atoms with Crippen molar-refractivity contribution in [1.29, 1.82) is 0 Å². The third kappa shape index (κ3) is 2.79. The van der Waals surface area contributed by atoms with Crippen LogP contribution in [0.4, 0.5) is 0 Å². The second-order valence-corrected chi connectivity index (χ2v) is 3.93. The molecule has 1 aromatic rings. The molecule has 0 aromatic carbocycles. The molecular formula is C10H16N4O. The Labute approximate surface area is 88.8 Å². The first-order valence-corrected chi connectivity index (χ1v) is 5.21. The quantitative estimate of drug-likeness (QED) is 0.697. The second kappa shape index (κ2) is 4.44. The summed E-state index contributed by atoms with van der Waals surface area (Å²) >= 11 is 0. The molecule has 82 valence electrons. The predicted molar refractivity (Wildman–Crippen MR) is 56.3 cm³/mol. The molecule has 2 heterocycles. The summed E-state index contributed by atoms with van der Waals surface area (Å²) in [5, 5.41) is 10.3. The zero-order chi connectivity index (χ0) is 10.7. The van der Waals surface area contributed by atoms with E-state index in [9.17, 15) is 4.79 Å². The highest BCUT2D eigenvalue weighted by atomic mass is 16.1. The van der Waals surface area contributed by atoms with Gasteiger partial charge in [0.1, 0.15) is 0 Å². The Kier molecular flexibility index (Phi) is 3.01. The van der Waals surface area contributed by atoms with Crippen molar-refractivity contribution in [2.75, 3.05) is 13.1 Å². The van der Waals surface area contributed by atoms with Crippen LogP contribution in [0.1, 0.15) is 12.0 Å². The number of aryl methyl sites for hydroxylation is 1. The Morgan fingerprint density at radius 3 is 3.20 bits per heavy atom. The molecule has 0 spiro atoms. The number of hydrogen-bond acceptors (Lipinski definition) is 3. The molecule has 5 heteroatoms. The number of carbonyl (C=O) groups is 1. The maximum atomic E-state index is 10.9. The van der Waals surface area contributed by atoms with Crippen molar-refractivity contribution in [2.45, 2.75) is 18.9 Å². The molecule has 0 bridgehead atoms. The molecule has 15 heavy (non-hydrogen) atoms. The summed E-state index contributed by atoms with van der Waals surface area (Å²) in [5.74, 6) is 0.147. The molecule has 1 aliphatic heterocycles. The van der Waals surface area contributed by atoms with E-state index in [0.717, 1.165) is 19.5 Å². The van der Waals surface area contributed by atoms with Crippen LogP contribution < -0.4 is 10.6 Å². The van der Waals surface area contributed by atoms with E-state index in [1.807, 2.05) is 19.4 Å². The highest BCUT2D eigenvalue weighted by Gasteiger charge is 2.20. The van der Waals surface area contributed by atoms with Crippen molar-refractivity contribution in [3.05, 3.63) is 18.0 Å². The average molecular weight is 208 g/mol. The van der Waals surface area contributed by atoms with Crippen LogP contribution in [0.5, 0.6) is 0 Å². The summed E-state index contributed by atoms with van der Waals surface area (Å²) in [6.07, 6.45) is 5.45. The first-order valence-electron chi connectivity index (χ1n) is 5.21. The standard InChI is InChI=1S/C10H16N4O/c1-14-7-8(5-13-14)2-3-11-9-4-10(15)12-6-9/h5,7,9,11H,2-4,6H2,1H3,(H,12,15). The normalized spacial score (nSPS) is 20.6. The molecule has 1 unspecified atom stereocenters. The first kappa shape index (κ1) is 10.2. The van der Waals surface area contributed by atoms with E-state index in [1.54, 1.807) is 4.68 Å². The van der Waals surface area contributed by atoms with Crippen LogP contribution in [-0.2, 0) is 18.3 Å². The molecule has 1 atom stereocenters. The largest absolute Gasteiger partial charge is 0.354 e. The van der Waals surface area contributed by atoms with Gasteiger partial charge in [-0.05, 0) is 18.5 Å². The van der Waals surface area contributed by atoms with Crippen molar-refractivity contribution in [1.82, 2.24) is 20.4 Å². The minimum atomic E-state index is 0.147. The van der Waals surface area contributed by atoms with Crippen LogP contribution in [0.25, 0.3) is 0 Å². The fourth-order valence-electron chi connectivity index (χ4n) is 1.77. The number of amides is 1. The van der Waals surface area contributed by atoms with Crippen LogP contribution in [0.3, 0.4) is 0 Å². The van der Waals surface area contributed by atoms with E-state index in [1.165, 1.54) is 5.56 Å². The summed E-state index contributed by atoms with van der Waals surface area (Å²) in [4.78, 5) is 10.9. The van der Waals surface area contributed by atoms with E-state index in [0.29, 0.717) is 12.5 Å². The fourth-order valence-corrected chi connectivity index (χ4v) is 1.77. The predicted octanol–water partition coefficient (Wildman–Crippen LogP) is -0.559. The number of rotatable bonds is 4. The topological polar surface area (TPSA) is 59.0 Å². The van der Waals surface area contributed by atoms with E-state index in [4.69, 9.17) is 0 Å². The van der Waals surface area contributed by atoms with Gasteiger partial charge in [-0.2, -0.15) is 5.10 Å². The smallest absolute Gasteiger partial charge is 0.221 e.